The van der Waals surface area contributed by atoms with Gasteiger partial charge in [-0.1, -0.05) is 89.2 Å². The van der Waals surface area contributed by atoms with Gasteiger partial charge in [0.1, 0.15) is 12.4 Å². The monoisotopic (exact) mass is 548 g/mol. The zero-order chi connectivity index (χ0) is 28.5. The van der Waals surface area contributed by atoms with Gasteiger partial charge in [-0.15, -0.1) is 0 Å². The van der Waals surface area contributed by atoms with E-state index in [2.05, 4.69) is 10.6 Å². The summed E-state index contributed by atoms with van der Waals surface area (Å²) >= 11 is 0. The molecule has 0 heterocycles. The van der Waals surface area contributed by atoms with Gasteiger partial charge in [0.05, 0.1) is 0 Å². The van der Waals surface area contributed by atoms with Crippen LogP contribution in [0.25, 0.3) is 0 Å². The molecule has 0 aromatic heterocycles. The van der Waals surface area contributed by atoms with Crippen molar-refractivity contribution in [2.45, 2.75) is 66.1 Å². The number of alkyl carbamates (subject to hydrolysis) is 1. The molecule has 4 N–H and O–H groups in total. The Bertz CT molecular complexity index is 1150. The molecule has 0 radical (unpaired) electrons. The van der Waals surface area contributed by atoms with Crippen LogP contribution in [0, 0.1) is 11.3 Å². The van der Waals surface area contributed by atoms with Crippen molar-refractivity contribution in [2.75, 3.05) is 0 Å². The van der Waals surface area contributed by atoms with Crippen molar-refractivity contribution in [2.24, 2.45) is 11.3 Å². The zero-order valence-electron chi connectivity index (χ0n) is 22.3. The number of benzene rings is 2. The maximum absolute atomic E-state index is 13.2. The molecular formula is C27H37N2O8P. The van der Waals surface area contributed by atoms with E-state index in [1.54, 1.807) is 50.2 Å². The molecule has 0 aliphatic heterocycles. The molecule has 0 saturated heterocycles. The topological polar surface area (TPSA) is 151 Å². The number of aliphatic carboxylic acids is 1. The Labute approximate surface area is 223 Å². The van der Waals surface area contributed by atoms with Crippen molar-refractivity contribution in [3.8, 4) is 0 Å². The first-order valence-corrected chi connectivity index (χ1v) is 13.9. The third-order valence-electron chi connectivity index (χ3n) is 5.38. The molecule has 2 amide bonds. The zero-order valence-corrected chi connectivity index (χ0v) is 23.2. The van der Waals surface area contributed by atoms with Crippen LogP contribution < -0.4 is 10.6 Å². The first-order chi connectivity index (χ1) is 17.7. The minimum Gasteiger partial charge on any atom is -0.479 e. The van der Waals surface area contributed by atoms with E-state index in [0.29, 0.717) is 12.0 Å². The predicted molar refractivity (Wildman–Crippen MR) is 142 cm³/mol. The van der Waals surface area contributed by atoms with Gasteiger partial charge in [0.2, 0.25) is 5.91 Å². The number of carboxylic acid groups (broad SMARTS) is 1. The summed E-state index contributed by atoms with van der Waals surface area (Å²) in [6.45, 7) is 9.10. The highest BCUT2D eigenvalue weighted by Gasteiger charge is 2.41. The summed E-state index contributed by atoms with van der Waals surface area (Å²) in [5, 5.41) is 14.9. The van der Waals surface area contributed by atoms with E-state index in [1.807, 2.05) is 26.8 Å². The average Bonchev–Trinajstić information content (AvgIpc) is 2.82. The van der Waals surface area contributed by atoms with E-state index in [1.165, 1.54) is 12.1 Å². The minimum absolute atomic E-state index is 0.0507. The molecule has 0 fully saturated rings. The fraction of sp³-hybridized carbons (Fsp3) is 0.444. The summed E-state index contributed by atoms with van der Waals surface area (Å²) in [6, 6.07) is 15.1. The Morgan fingerprint density at radius 3 is 2.21 bits per heavy atom. The van der Waals surface area contributed by atoms with Gasteiger partial charge >= 0.3 is 19.7 Å². The lowest BCUT2D eigenvalue weighted by molar-refractivity contribution is -0.145. The molecule has 2 aromatic carbocycles. The van der Waals surface area contributed by atoms with Crippen molar-refractivity contribution in [3.05, 3.63) is 71.3 Å². The smallest absolute Gasteiger partial charge is 0.408 e. The lowest BCUT2D eigenvalue weighted by Gasteiger charge is -2.28. The highest BCUT2D eigenvalue weighted by Crippen LogP contribution is 2.53. The Kier molecular flexibility index (Phi) is 11.1. The first kappa shape index (κ1) is 31.0. The molecule has 0 aliphatic carbocycles. The van der Waals surface area contributed by atoms with E-state index in [0.717, 1.165) is 5.56 Å². The summed E-state index contributed by atoms with van der Waals surface area (Å²) in [7, 11) is -4.72. The fourth-order valence-electron chi connectivity index (χ4n) is 3.59. The molecule has 2 aromatic rings. The van der Waals surface area contributed by atoms with Crippen molar-refractivity contribution < 1.29 is 38.2 Å². The van der Waals surface area contributed by atoms with Crippen LogP contribution in [0.5, 0.6) is 0 Å². The number of nitrogens with one attached hydrogen (secondary N) is 2. The molecule has 0 bridgehead atoms. The second-order valence-corrected chi connectivity index (χ2v) is 12.4. The number of hydrogen-bond donors (Lipinski definition) is 4. The van der Waals surface area contributed by atoms with Crippen LogP contribution in [0.2, 0.25) is 0 Å². The van der Waals surface area contributed by atoms with Crippen LogP contribution in [-0.2, 0) is 36.6 Å². The molecular weight excluding hydrogens is 511 g/mol. The predicted octanol–water partition coefficient (Wildman–Crippen LogP) is 4.98. The average molecular weight is 549 g/mol. The first-order valence-electron chi connectivity index (χ1n) is 12.2. The maximum Gasteiger partial charge on any atom is 0.408 e. The molecule has 0 aliphatic rings. The number of carboxylic acids is 1. The third-order valence-corrected chi connectivity index (χ3v) is 7.32. The van der Waals surface area contributed by atoms with Crippen molar-refractivity contribution >= 4 is 25.6 Å². The number of carbonyl (C=O) groups excluding carboxylic acids is 2. The summed E-state index contributed by atoms with van der Waals surface area (Å²) in [6.07, 6.45) is -2.41. The van der Waals surface area contributed by atoms with Gasteiger partial charge in [-0.2, -0.15) is 0 Å². The normalized spacial score (nSPS) is 14.7. The quantitative estimate of drug-likeness (QED) is 0.271. The Hall–Kier alpha value is -3.20. The van der Waals surface area contributed by atoms with Gasteiger partial charge in [0.15, 0.2) is 6.10 Å². The van der Waals surface area contributed by atoms with Crippen LogP contribution in [0.3, 0.4) is 0 Å². The summed E-state index contributed by atoms with van der Waals surface area (Å²) in [5.74, 6) is -3.65. The van der Waals surface area contributed by atoms with Gasteiger partial charge in [-0.05, 0) is 28.0 Å². The fourth-order valence-corrected chi connectivity index (χ4v) is 5.25. The molecule has 3 atom stereocenters. The van der Waals surface area contributed by atoms with Crippen LogP contribution in [0.1, 0.15) is 63.8 Å². The lowest BCUT2D eigenvalue weighted by Crippen LogP contribution is -2.39. The Balaban J connectivity index is 2.12. The SMILES string of the molecule is CC(C)C(NC(=O)OCc1ccccc1)P(=O)(O)OC(C(=O)O)c1cccc(CNC(=O)CC(C)(C)C)c1. The number of rotatable bonds is 12. The Morgan fingerprint density at radius 2 is 1.63 bits per heavy atom. The molecule has 0 spiro atoms. The highest BCUT2D eigenvalue weighted by atomic mass is 31.2. The molecule has 10 nitrogen and oxygen atoms in total. The van der Waals surface area contributed by atoms with E-state index >= 15 is 0 Å². The number of ether oxygens (including phenoxy) is 1. The number of carbonyl (C=O) groups is 3. The molecule has 0 saturated carbocycles. The van der Waals surface area contributed by atoms with E-state index in [4.69, 9.17) is 9.26 Å². The summed E-state index contributed by atoms with van der Waals surface area (Å²) in [4.78, 5) is 47.3. The van der Waals surface area contributed by atoms with Gasteiger partial charge in [0.25, 0.3) is 0 Å². The number of hydrogen-bond acceptors (Lipinski definition) is 6. The van der Waals surface area contributed by atoms with Gasteiger partial charge in [-0.3, -0.25) is 13.9 Å². The summed E-state index contributed by atoms with van der Waals surface area (Å²) in [5.41, 5.74) is 1.25. The summed E-state index contributed by atoms with van der Waals surface area (Å²) < 4.78 is 23.6. The van der Waals surface area contributed by atoms with Gasteiger partial charge in [-0.25, -0.2) is 9.59 Å². The standard InChI is InChI=1S/C27H37N2O8P/c1-18(2)24(29-26(33)36-17-19-10-7-6-8-11-19)38(34,35)37-23(25(31)32)21-13-9-12-20(14-21)16-28-22(30)15-27(3,4)5/h6-14,18,23-24H,15-17H2,1-5H3,(H,28,30)(H,29,33)(H,31,32)(H,34,35). The number of amides is 2. The van der Waals surface area contributed by atoms with E-state index < -0.39 is 37.5 Å². The van der Waals surface area contributed by atoms with Gasteiger partial charge in [0, 0.05) is 13.0 Å². The largest absolute Gasteiger partial charge is 0.479 e. The highest BCUT2D eigenvalue weighted by molar-refractivity contribution is 7.53. The molecule has 38 heavy (non-hydrogen) atoms. The second kappa shape index (κ2) is 13.6. The van der Waals surface area contributed by atoms with E-state index in [-0.39, 0.29) is 30.0 Å². The molecule has 208 valence electrons. The second-order valence-electron chi connectivity index (χ2n) is 10.5. The van der Waals surface area contributed by atoms with E-state index in [9.17, 15) is 28.9 Å². The molecule has 3 unspecified atom stereocenters. The third kappa shape index (κ3) is 10.3. The van der Waals surface area contributed by atoms with Crippen molar-refractivity contribution in [1.82, 2.24) is 10.6 Å². The van der Waals surface area contributed by atoms with Crippen LogP contribution >= 0.6 is 7.60 Å². The van der Waals surface area contributed by atoms with Crippen molar-refractivity contribution in [3.63, 3.8) is 0 Å². The lowest BCUT2D eigenvalue weighted by atomic mass is 9.92. The van der Waals surface area contributed by atoms with Crippen LogP contribution in [-0.4, -0.2) is 33.8 Å². The molecule has 11 heteroatoms. The maximum atomic E-state index is 13.2. The van der Waals surface area contributed by atoms with Crippen LogP contribution in [0.15, 0.2) is 54.6 Å². The minimum atomic E-state index is -4.72. The van der Waals surface area contributed by atoms with Crippen molar-refractivity contribution in [1.29, 1.82) is 0 Å². The molecule has 2 rings (SSSR count). The van der Waals surface area contributed by atoms with Gasteiger partial charge < -0.3 is 25.4 Å². The Morgan fingerprint density at radius 1 is 1.00 bits per heavy atom. The van der Waals surface area contributed by atoms with Crippen LogP contribution in [0.4, 0.5) is 4.79 Å².